The van der Waals surface area contributed by atoms with E-state index in [0.717, 1.165) is 33.5 Å². The second-order valence-corrected chi connectivity index (χ2v) is 9.34. The van der Waals surface area contributed by atoms with Crippen molar-refractivity contribution >= 4 is 22.7 Å². The van der Waals surface area contributed by atoms with E-state index < -0.39 is 11.4 Å². The number of fused-ring (bicyclic) bond motifs is 1. The summed E-state index contributed by atoms with van der Waals surface area (Å²) in [5.41, 5.74) is 4.63. The number of Topliss-reactive ketones (excluding diaryl/α,β-unsaturated/α-hetero) is 1. The average Bonchev–Trinajstić information content (AvgIpc) is 3.32. The molecule has 0 amide bonds. The maximum atomic E-state index is 14.0. The van der Waals surface area contributed by atoms with Gasteiger partial charge in [-0.3, -0.25) is 4.79 Å². The van der Waals surface area contributed by atoms with Gasteiger partial charge in [0, 0.05) is 49.3 Å². The summed E-state index contributed by atoms with van der Waals surface area (Å²) in [4.78, 5) is 30.6. The van der Waals surface area contributed by atoms with Crippen molar-refractivity contribution in [2.45, 2.75) is 44.9 Å². The summed E-state index contributed by atoms with van der Waals surface area (Å²) in [6, 6.07) is 15.8. The molecule has 6 nitrogen and oxygen atoms in total. The number of ketones is 1. The molecule has 6 heteroatoms. The van der Waals surface area contributed by atoms with Crippen molar-refractivity contribution in [1.82, 2.24) is 10.3 Å². The van der Waals surface area contributed by atoms with Crippen LogP contribution in [-0.4, -0.2) is 30.5 Å². The van der Waals surface area contributed by atoms with Crippen LogP contribution in [0.3, 0.4) is 0 Å². The fourth-order valence-corrected chi connectivity index (χ4v) is 5.97. The molecule has 1 aromatic heterocycles. The number of dihydropyridines is 1. The second kappa shape index (κ2) is 8.77. The van der Waals surface area contributed by atoms with Crippen LogP contribution in [0.25, 0.3) is 10.9 Å². The van der Waals surface area contributed by atoms with Crippen LogP contribution < -0.4 is 10.1 Å². The fraction of sp³-hybridized carbons (Fsp3) is 0.310. The molecule has 0 unspecified atom stereocenters. The van der Waals surface area contributed by atoms with Crippen LogP contribution in [0.1, 0.15) is 53.5 Å². The molecule has 2 aromatic carbocycles. The number of nitrogens with one attached hydrogen (secondary N) is 2. The Labute approximate surface area is 208 Å². The minimum Gasteiger partial charge on any atom is -0.496 e. The number of methoxy groups -OCH3 is 1. The Kier molecular flexibility index (Phi) is 5.75. The number of carbonyl (C=O) groups excluding carboxylic acids is 2. The molecule has 0 saturated carbocycles. The van der Waals surface area contributed by atoms with Crippen molar-refractivity contribution in [2.24, 2.45) is 0 Å². The van der Waals surface area contributed by atoms with Crippen LogP contribution in [0.15, 0.2) is 77.3 Å². The lowest BCUT2D eigenvalue weighted by molar-refractivity contribution is -0.139. The monoisotopic (exact) mass is 474 g/mol. The lowest BCUT2D eigenvalue weighted by atomic mass is 9.62. The Hall–Kier alpha value is -3.80. The smallest absolute Gasteiger partial charge is 0.337 e. The van der Waals surface area contributed by atoms with Gasteiger partial charge >= 0.3 is 5.97 Å². The Morgan fingerprint density at radius 2 is 1.94 bits per heavy atom. The van der Waals surface area contributed by atoms with Gasteiger partial charge in [0.25, 0.3) is 0 Å². The lowest BCUT2D eigenvalue weighted by Gasteiger charge is -2.43. The van der Waals surface area contributed by atoms with Crippen molar-refractivity contribution in [3.63, 3.8) is 0 Å². The second-order valence-electron chi connectivity index (χ2n) is 9.34. The van der Waals surface area contributed by atoms with Gasteiger partial charge in [-0.1, -0.05) is 30.3 Å². The van der Waals surface area contributed by atoms with Crippen LogP contribution >= 0.6 is 0 Å². The van der Waals surface area contributed by atoms with Gasteiger partial charge in [0.15, 0.2) is 5.78 Å². The van der Waals surface area contributed by atoms with Gasteiger partial charge in [0.2, 0.25) is 0 Å². The quantitative estimate of drug-likeness (QED) is 0.459. The normalized spacial score (nSPS) is 22.2. The van der Waals surface area contributed by atoms with E-state index in [2.05, 4.69) is 10.3 Å². The highest BCUT2D eigenvalue weighted by molar-refractivity contribution is 6.07. The molecule has 5 rings (SSSR count). The topological polar surface area (TPSA) is 80.4 Å². The van der Waals surface area contributed by atoms with Gasteiger partial charge in [-0.25, -0.2) is 4.79 Å². The summed E-state index contributed by atoms with van der Waals surface area (Å²) in [5.74, 6) is 0.386. The van der Waals surface area contributed by atoms with Crippen LogP contribution in [0, 0.1) is 0 Å². The molecule has 0 spiro atoms. The van der Waals surface area contributed by atoms with E-state index in [9.17, 15) is 9.59 Å². The van der Waals surface area contributed by atoms with Gasteiger partial charge in [-0.05, 0) is 56.5 Å². The molecule has 2 N–H and O–H groups in total. The lowest BCUT2D eigenvalue weighted by Crippen LogP contribution is -2.45. The van der Waals surface area contributed by atoms with Gasteiger partial charge < -0.3 is 19.8 Å². The Bertz CT molecular complexity index is 1410. The standard InChI is InChI=1S/C29H30N2O4.2H2/c1-5-35-28(33)26-17(2)31-23-15-18(19-9-6-7-12-25(19)34-4)16-24(32)27(23)29(26,3)21-10-8-11-22-20(21)13-14-30-22;;/h6-14,18,30-31H,5,15-16H2,1-4H3;2*1H/t18-,29+;;/m1../s1. The van der Waals surface area contributed by atoms with E-state index in [-0.39, 0.29) is 21.2 Å². The van der Waals surface area contributed by atoms with Crippen molar-refractivity contribution in [2.75, 3.05) is 13.7 Å². The van der Waals surface area contributed by atoms with Crippen molar-refractivity contribution in [3.8, 4) is 5.75 Å². The number of aromatic nitrogens is 1. The molecule has 184 valence electrons. The minimum atomic E-state index is -0.957. The van der Waals surface area contributed by atoms with E-state index in [4.69, 9.17) is 9.47 Å². The van der Waals surface area contributed by atoms with Gasteiger partial charge in [-0.2, -0.15) is 0 Å². The van der Waals surface area contributed by atoms with Gasteiger partial charge in [-0.15, -0.1) is 0 Å². The van der Waals surface area contributed by atoms with E-state index in [1.807, 2.05) is 68.6 Å². The summed E-state index contributed by atoms with van der Waals surface area (Å²) in [5, 5.41) is 4.42. The van der Waals surface area contributed by atoms with Crippen molar-refractivity contribution < 1.29 is 21.9 Å². The number of H-pyrrole nitrogens is 1. The number of carbonyl (C=O) groups is 2. The Balaban J connectivity index is 0.00000190. The molecule has 1 aliphatic heterocycles. The first kappa shape index (κ1) is 23.0. The van der Waals surface area contributed by atoms with Crippen molar-refractivity contribution in [3.05, 3.63) is 88.4 Å². The molecule has 0 radical (unpaired) electrons. The molecule has 35 heavy (non-hydrogen) atoms. The number of aromatic amines is 1. The van der Waals surface area contributed by atoms with Crippen molar-refractivity contribution in [1.29, 1.82) is 0 Å². The highest BCUT2D eigenvalue weighted by atomic mass is 16.5. The molecule has 1 aliphatic carbocycles. The number of ether oxygens (including phenoxy) is 2. The Morgan fingerprint density at radius 1 is 1.14 bits per heavy atom. The average molecular weight is 475 g/mol. The van der Waals surface area contributed by atoms with Crippen LogP contribution in [-0.2, 0) is 19.7 Å². The molecular formula is C29H34N2O4. The predicted octanol–water partition coefficient (Wildman–Crippen LogP) is 5.77. The summed E-state index contributed by atoms with van der Waals surface area (Å²) in [6.45, 7) is 5.93. The number of benzene rings is 2. The number of hydrogen-bond donors (Lipinski definition) is 2. The third-order valence-corrected chi connectivity index (χ3v) is 7.37. The summed E-state index contributed by atoms with van der Waals surface area (Å²) in [7, 11) is 1.65. The molecule has 2 aliphatic rings. The zero-order valence-corrected chi connectivity index (χ0v) is 20.5. The molecule has 2 heterocycles. The first-order valence-electron chi connectivity index (χ1n) is 12.0. The molecule has 0 fully saturated rings. The predicted molar refractivity (Wildman–Crippen MR) is 139 cm³/mol. The summed E-state index contributed by atoms with van der Waals surface area (Å²) < 4.78 is 11.1. The summed E-state index contributed by atoms with van der Waals surface area (Å²) >= 11 is 0. The fourth-order valence-electron chi connectivity index (χ4n) is 5.97. The third kappa shape index (κ3) is 3.55. The van der Waals surface area contributed by atoms with E-state index in [1.54, 1.807) is 14.0 Å². The third-order valence-electron chi connectivity index (χ3n) is 7.37. The number of para-hydroxylation sites is 1. The van der Waals surface area contributed by atoms with E-state index in [1.165, 1.54) is 0 Å². The molecule has 0 saturated heterocycles. The minimum absolute atomic E-state index is 0. The van der Waals surface area contributed by atoms with E-state index in [0.29, 0.717) is 29.7 Å². The van der Waals surface area contributed by atoms with Gasteiger partial charge in [0.05, 0.1) is 24.7 Å². The Morgan fingerprint density at radius 3 is 2.71 bits per heavy atom. The van der Waals surface area contributed by atoms with Gasteiger partial charge in [0.1, 0.15) is 5.75 Å². The molecular weight excluding hydrogens is 440 g/mol. The first-order chi connectivity index (χ1) is 16.9. The highest BCUT2D eigenvalue weighted by Crippen LogP contribution is 2.51. The first-order valence-corrected chi connectivity index (χ1v) is 12.0. The number of hydrogen-bond acceptors (Lipinski definition) is 5. The van der Waals surface area contributed by atoms with E-state index >= 15 is 0 Å². The number of esters is 1. The van der Waals surface area contributed by atoms with Crippen LogP contribution in [0.4, 0.5) is 0 Å². The summed E-state index contributed by atoms with van der Waals surface area (Å²) in [6.07, 6.45) is 2.87. The molecule has 2 atom stereocenters. The molecule has 3 aromatic rings. The highest BCUT2D eigenvalue weighted by Gasteiger charge is 2.50. The zero-order chi connectivity index (χ0) is 24.7. The van der Waals surface area contributed by atoms with Crippen LogP contribution in [0.2, 0.25) is 0 Å². The number of rotatable bonds is 5. The molecule has 0 bridgehead atoms. The SMILES string of the molecule is CCOC(=O)C1=C(C)NC2=C(C(=O)C[C@H](c3ccccc3OC)C2)[C@@]1(C)c1cccc2[nH]ccc12.[HH].[HH]. The largest absolute Gasteiger partial charge is 0.496 e. The maximum Gasteiger partial charge on any atom is 0.337 e. The zero-order valence-electron chi connectivity index (χ0n) is 20.5. The number of allylic oxidation sites excluding steroid dienone is 3. The van der Waals surface area contributed by atoms with Crippen LogP contribution in [0.5, 0.6) is 5.75 Å². The maximum absolute atomic E-state index is 14.0.